The summed E-state index contributed by atoms with van der Waals surface area (Å²) >= 11 is 0. The summed E-state index contributed by atoms with van der Waals surface area (Å²) in [6.45, 7) is 2.11. The van der Waals surface area contributed by atoms with E-state index in [1.807, 2.05) is 12.1 Å². The van der Waals surface area contributed by atoms with E-state index in [0.717, 1.165) is 12.0 Å². The van der Waals surface area contributed by atoms with Gasteiger partial charge in [-0.1, -0.05) is 38.3 Å². The highest BCUT2D eigenvalue weighted by Crippen LogP contribution is 2.38. The van der Waals surface area contributed by atoms with Crippen molar-refractivity contribution in [1.29, 1.82) is 0 Å². The van der Waals surface area contributed by atoms with Gasteiger partial charge in [0.1, 0.15) is 18.2 Å². The molecular formula is C23H27F3O. The molecule has 2 aromatic rings. The second kappa shape index (κ2) is 9.29. The predicted octanol–water partition coefficient (Wildman–Crippen LogP) is 7.15. The Morgan fingerprint density at radius 1 is 0.889 bits per heavy atom. The minimum atomic E-state index is -1.19. The molecule has 0 unspecified atom stereocenters. The fourth-order valence-electron chi connectivity index (χ4n) is 3.95. The summed E-state index contributed by atoms with van der Waals surface area (Å²) in [6, 6.07) is 9.26. The third-order valence-electron chi connectivity index (χ3n) is 5.65. The molecule has 1 nitrogen and oxygen atoms in total. The maximum atomic E-state index is 13.7. The third-order valence-corrected chi connectivity index (χ3v) is 5.65. The monoisotopic (exact) mass is 376 g/mol. The highest BCUT2D eigenvalue weighted by Gasteiger charge is 2.22. The lowest BCUT2D eigenvalue weighted by Gasteiger charge is -2.28. The summed E-state index contributed by atoms with van der Waals surface area (Å²) < 4.78 is 45.4. The number of hydrogen-bond acceptors (Lipinski definition) is 1. The zero-order valence-electron chi connectivity index (χ0n) is 15.8. The van der Waals surface area contributed by atoms with Crippen LogP contribution in [0.15, 0.2) is 36.4 Å². The Morgan fingerprint density at radius 2 is 1.56 bits per heavy atom. The van der Waals surface area contributed by atoms with Gasteiger partial charge in [-0.25, -0.2) is 13.2 Å². The van der Waals surface area contributed by atoms with Crippen LogP contribution in [0, 0.1) is 23.4 Å². The lowest BCUT2D eigenvalue weighted by Crippen LogP contribution is -2.13. The maximum Gasteiger partial charge on any atom is 0.161 e. The van der Waals surface area contributed by atoms with Gasteiger partial charge in [0, 0.05) is 11.6 Å². The molecule has 0 spiro atoms. The first kappa shape index (κ1) is 19.8. The van der Waals surface area contributed by atoms with Crippen molar-refractivity contribution in [2.75, 3.05) is 0 Å². The first-order valence-corrected chi connectivity index (χ1v) is 9.93. The maximum absolute atomic E-state index is 13.7. The van der Waals surface area contributed by atoms with Crippen molar-refractivity contribution in [1.82, 2.24) is 0 Å². The molecule has 0 atom stereocenters. The van der Waals surface area contributed by atoms with Crippen LogP contribution in [0.25, 0.3) is 0 Å². The Hall–Kier alpha value is -1.97. The van der Waals surface area contributed by atoms with Gasteiger partial charge >= 0.3 is 0 Å². The fourth-order valence-corrected chi connectivity index (χ4v) is 3.95. The number of benzene rings is 2. The smallest absolute Gasteiger partial charge is 0.161 e. The summed E-state index contributed by atoms with van der Waals surface area (Å²) in [7, 11) is 0. The number of unbranched alkanes of at least 4 members (excludes halogenated alkanes) is 1. The Kier molecular flexibility index (Phi) is 6.81. The minimum absolute atomic E-state index is 0.00313. The SMILES string of the molecule is CCCC[C@H]1CC[C@H](c2ccc(OCc3cc(F)c(F)cc3F)cc2)CC1. The van der Waals surface area contributed by atoms with Gasteiger partial charge in [-0.15, -0.1) is 0 Å². The van der Waals surface area contributed by atoms with E-state index >= 15 is 0 Å². The average Bonchev–Trinajstić information content (AvgIpc) is 2.69. The van der Waals surface area contributed by atoms with Gasteiger partial charge in [0.2, 0.25) is 0 Å². The van der Waals surface area contributed by atoms with Crippen molar-refractivity contribution < 1.29 is 17.9 Å². The molecule has 0 radical (unpaired) electrons. The Balaban J connectivity index is 1.53. The van der Waals surface area contributed by atoms with Gasteiger partial charge < -0.3 is 4.74 Å². The van der Waals surface area contributed by atoms with Crippen LogP contribution in [-0.4, -0.2) is 0 Å². The summed E-state index contributed by atoms with van der Waals surface area (Å²) in [6.07, 6.45) is 9.03. The number of hydrogen-bond donors (Lipinski definition) is 0. The van der Waals surface area contributed by atoms with E-state index in [-0.39, 0.29) is 12.2 Å². The summed E-state index contributed by atoms with van der Waals surface area (Å²) in [5, 5.41) is 0. The number of rotatable bonds is 7. The van der Waals surface area contributed by atoms with Gasteiger partial charge in [0.25, 0.3) is 0 Å². The van der Waals surface area contributed by atoms with E-state index in [9.17, 15) is 13.2 Å². The van der Waals surface area contributed by atoms with Gasteiger partial charge in [0.15, 0.2) is 11.6 Å². The predicted molar refractivity (Wildman–Crippen MR) is 101 cm³/mol. The Bertz CT molecular complexity index is 734. The number of halogens is 3. The van der Waals surface area contributed by atoms with Crippen LogP contribution in [0.1, 0.15) is 68.9 Å². The molecule has 1 aliphatic rings. The molecule has 0 aliphatic heterocycles. The number of ether oxygens (including phenoxy) is 1. The second-order valence-corrected chi connectivity index (χ2v) is 7.58. The first-order valence-electron chi connectivity index (χ1n) is 9.93. The van der Waals surface area contributed by atoms with E-state index < -0.39 is 17.5 Å². The zero-order valence-corrected chi connectivity index (χ0v) is 15.8. The molecule has 0 amide bonds. The quantitative estimate of drug-likeness (QED) is 0.466. The molecule has 0 saturated heterocycles. The molecule has 4 heteroatoms. The van der Waals surface area contributed by atoms with Crippen molar-refractivity contribution in [2.45, 2.75) is 64.4 Å². The van der Waals surface area contributed by atoms with Crippen molar-refractivity contribution in [3.63, 3.8) is 0 Å². The largest absolute Gasteiger partial charge is 0.489 e. The van der Waals surface area contributed by atoms with Crippen molar-refractivity contribution in [3.8, 4) is 5.75 Å². The molecule has 0 aromatic heterocycles. The van der Waals surface area contributed by atoms with E-state index in [1.54, 1.807) is 0 Å². The first-order chi connectivity index (χ1) is 13.1. The lowest BCUT2D eigenvalue weighted by molar-refractivity contribution is 0.296. The minimum Gasteiger partial charge on any atom is -0.489 e. The van der Waals surface area contributed by atoms with E-state index in [1.165, 1.54) is 50.5 Å². The van der Waals surface area contributed by atoms with Crippen LogP contribution in [0.3, 0.4) is 0 Å². The van der Waals surface area contributed by atoms with Gasteiger partial charge in [0.05, 0.1) is 0 Å². The Labute approximate surface area is 159 Å². The van der Waals surface area contributed by atoms with Crippen LogP contribution >= 0.6 is 0 Å². The second-order valence-electron chi connectivity index (χ2n) is 7.58. The fraction of sp³-hybridized carbons (Fsp3) is 0.478. The van der Waals surface area contributed by atoms with Crippen molar-refractivity contribution in [2.24, 2.45) is 5.92 Å². The standard InChI is InChI=1S/C23H27F3O/c1-2-3-4-16-5-7-17(8-6-16)18-9-11-20(12-10-18)27-15-19-13-22(25)23(26)14-21(19)24/h9-14,16-17H,2-8,15H2,1H3/t16-,17-. The van der Waals surface area contributed by atoms with Crippen LogP contribution in [0.5, 0.6) is 5.75 Å². The van der Waals surface area contributed by atoms with Gasteiger partial charge in [-0.05, 0) is 61.3 Å². The van der Waals surface area contributed by atoms with Gasteiger partial charge in [-0.3, -0.25) is 0 Å². The molecule has 3 rings (SSSR count). The van der Waals surface area contributed by atoms with E-state index in [0.29, 0.717) is 17.7 Å². The van der Waals surface area contributed by atoms with Crippen LogP contribution in [0.4, 0.5) is 13.2 Å². The summed E-state index contributed by atoms with van der Waals surface area (Å²) in [5.41, 5.74) is 1.32. The van der Waals surface area contributed by atoms with E-state index in [4.69, 9.17) is 4.74 Å². The highest BCUT2D eigenvalue weighted by atomic mass is 19.2. The third kappa shape index (κ3) is 5.27. The zero-order chi connectivity index (χ0) is 19.2. The molecule has 0 heterocycles. The molecular weight excluding hydrogens is 349 g/mol. The molecule has 27 heavy (non-hydrogen) atoms. The van der Waals surface area contributed by atoms with Crippen LogP contribution in [0.2, 0.25) is 0 Å². The highest BCUT2D eigenvalue weighted by molar-refractivity contribution is 5.30. The molecule has 0 N–H and O–H groups in total. The Morgan fingerprint density at radius 3 is 2.22 bits per heavy atom. The normalized spacial score (nSPS) is 19.9. The molecule has 2 aromatic carbocycles. The molecule has 1 aliphatic carbocycles. The molecule has 146 valence electrons. The molecule has 1 saturated carbocycles. The lowest BCUT2D eigenvalue weighted by atomic mass is 9.77. The topological polar surface area (TPSA) is 9.23 Å². The van der Waals surface area contributed by atoms with Gasteiger partial charge in [-0.2, -0.15) is 0 Å². The van der Waals surface area contributed by atoms with Crippen molar-refractivity contribution >= 4 is 0 Å². The van der Waals surface area contributed by atoms with Crippen LogP contribution < -0.4 is 4.74 Å². The molecule has 0 bridgehead atoms. The van der Waals surface area contributed by atoms with E-state index in [2.05, 4.69) is 19.1 Å². The van der Waals surface area contributed by atoms with Crippen LogP contribution in [-0.2, 0) is 6.61 Å². The summed E-state index contributed by atoms with van der Waals surface area (Å²) in [5.74, 6) is -0.981. The summed E-state index contributed by atoms with van der Waals surface area (Å²) in [4.78, 5) is 0. The van der Waals surface area contributed by atoms with Crippen molar-refractivity contribution in [3.05, 3.63) is 65.0 Å². The average molecular weight is 376 g/mol. The molecule has 1 fully saturated rings.